The summed E-state index contributed by atoms with van der Waals surface area (Å²) in [6.07, 6.45) is 4.66. The molecule has 0 unspecified atom stereocenters. The van der Waals surface area contributed by atoms with Gasteiger partial charge in [0.05, 0.1) is 6.54 Å². The van der Waals surface area contributed by atoms with Crippen molar-refractivity contribution in [2.45, 2.75) is 20.3 Å². The fraction of sp³-hybridized carbons (Fsp3) is 0.421. The van der Waals surface area contributed by atoms with Gasteiger partial charge in [-0.1, -0.05) is 6.07 Å². The van der Waals surface area contributed by atoms with Crippen molar-refractivity contribution >= 4 is 17.4 Å². The molecule has 2 aromatic heterocycles. The maximum Gasteiger partial charge on any atom is 0.239 e. The number of hydrogen-bond acceptors (Lipinski definition) is 5. The first-order chi connectivity index (χ1) is 12.1. The molecule has 25 heavy (non-hydrogen) atoms. The van der Waals surface area contributed by atoms with Crippen LogP contribution in [0.15, 0.2) is 36.7 Å². The van der Waals surface area contributed by atoms with E-state index in [1.165, 1.54) is 5.69 Å². The zero-order valence-corrected chi connectivity index (χ0v) is 14.9. The standard InChI is InChI=1S/C19H25N5O/c1-15-4-5-18(21-13-15)22-19(25)14-23-8-3-9-24(11-10-23)17-6-7-20-16(2)12-17/h4-7,12-13H,3,8-11,14H2,1-2H3,(H,21,22,25). The lowest BCUT2D eigenvalue weighted by Gasteiger charge is -2.23. The number of nitrogens with zero attached hydrogens (tertiary/aromatic N) is 4. The number of aromatic nitrogens is 2. The van der Waals surface area contributed by atoms with Crippen molar-refractivity contribution in [3.05, 3.63) is 47.9 Å². The molecule has 6 nitrogen and oxygen atoms in total. The monoisotopic (exact) mass is 339 g/mol. The first-order valence-corrected chi connectivity index (χ1v) is 8.72. The second kappa shape index (κ2) is 8.07. The molecule has 6 heteroatoms. The number of rotatable bonds is 4. The zero-order valence-electron chi connectivity index (χ0n) is 14.9. The molecule has 132 valence electrons. The average molecular weight is 339 g/mol. The fourth-order valence-electron chi connectivity index (χ4n) is 3.04. The number of pyridine rings is 2. The molecule has 2 aromatic rings. The van der Waals surface area contributed by atoms with Gasteiger partial charge in [0.25, 0.3) is 0 Å². The molecule has 0 atom stereocenters. The molecule has 0 aromatic carbocycles. The van der Waals surface area contributed by atoms with Crippen LogP contribution in [0.3, 0.4) is 0 Å². The van der Waals surface area contributed by atoms with E-state index >= 15 is 0 Å². The Hall–Kier alpha value is -2.47. The van der Waals surface area contributed by atoms with Crippen molar-refractivity contribution in [3.63, 3.8) is 0 Å². The predicted molar refractivity (Wildman–Crippen MR) is 99.8 cm³/mol. The first kappa shape index (κ1) is 17.4. The molecule has 1 N–H and O–H groups in total. The molecule has 1 amide bonds. The molecular formula is C19H25N5O. The highest BCUT2D eigenvalue weighted by atomic mass is 16.2. The van der Waals surface area contributed by atoms with Gasteiger partial charge in [-0.3, -0.25) is 14.7 Å². The SMILES string of the molecule is Cc1ccc(NC(=O)CN2CCCN(c3ccnc(C)c3)CC2)nc1. The normalized spacial score (nSPS) is 15.7. The number of carbonyl (C=O) groups is 1. The highest BCUT2D eigenvalue weighted by Crippen LogP contribution is 2.16. The van der Waals surface area contributed by atoms with E-state index in [9.17, 15) is 4.79 Å². The topological polar surface area (TPSA) is 61.4 Å². The lowest BCUT2D eigenvalue weighted by atomic mass is 10.3. The van der Waals surface area contributed by atoms with E-state index in [0.29, 0.717) is 12.4 Å². The quantitative estimate of drug-likeness (QED) is 0.926. The van der Waals surface area contributed by atoms with Crippen LogP contribution in [0.1, 0.15) is 17.7 Å². The summed E-state index contributed by atoms with van der Waals surface area (Å²) in [6, 6.07) is 7.95. The Bertz CT molecular complexity index is 716. The van der Waals surface area contributed by atoms with Crippen molar-refractivity contribution in [2.24, 2.45) is 0 Å². The van der Waals surface area contributed by atoms with E-state index in [-0.39, 0.29) is 5.91 Å². The van der Waals surface area contributed by atoms with Crippen LogP contribution >= 0.6 is 0 Å². The number of amides is 1. The molecule has 1 aliphatic heterocycles. The summed E-state index contributed by atoms with van der Waals surface area (Å²) in [4.78, 5) is 25.3. The minimum absolute atomic E-state index is 0.00967. The lowest BCUT2D eigenvalue weighted by Crippen LogP contribution is -2.36. The predicted octanol–water partition coefficient (Wildman–Crippen LogP) is 2.24. The fourth-order valence-corrected chi connectivity index (χ4v) is 3.04. The highest BCUT2D eigenvalue weighted by molar-refractivity contribution is 5.91. The van der Waals surface area contributed by atoms with Crippen molar-refractivity contribution in [1.82, 2.24) is 14.9 Å². The van der Waals surface area contributed by atoms with E-state index in [4.69, 9.17) is 0 Å². The Balaban J connectivity index is 1.52. The number of nitrogens with one attached hydrogen (secondary N) is 1. The second-order valence-corrected chi connectivity index (χ2v) is 6.54. The van der Waals surface area contributed by atoms with Gasteiger partial charge < -0.3 is 10.2 Å². The van der Waals surface area contributed by atoms with Gasteiger partial charge in [-0.15, -0.1) is 0 Å². The number of hydrogen-bond donors (Lipinski definition) is 1. The molecule has 3 heterocycles. The van der Waals surface area contributed by atoms with Crippen LogP contribution in [0.4, 0.5) is 11.5 Å². The molecule has 1 fully saturated rings. The van der Waals surface area contributed by atoms with E-state index in [0.717, 1.165) is 43.9 Å². The van der Waals surface area contributed by atoms with Crippen LogP contribution in [-0.4, -0.2) is 53.5 Å². The van der Waals surface area contributed by atoms with Crippen LogP contribution in [0.5, 0.6) is 0 Å². The molecule has 0 aliphatic carbocycles. The first-order valence-electron chi connectivity index (χ1n) is 8.72. The van der Waals surface area contributed by atoms with Crippen LogP contribution in [0, 0.1) is 13.8 Å². The van der Waals surface area contributed by atoms with Crippen LogP contribution in [0.2, 0.25) is 0 Å². The van der Waals surface area contributed by atoms with Gasteiger partial charge in [-0.2, -0.15) is 0 Å². The molecule has 0 radical (unpaired) electrons. The maximum atomic E-state index is 12.3. The molecular weight excluding hydrogens is 314 g/mol. The van der Waals surface area contributed by atoms with E-state index < -0.39 is 0 Å². The van der Waals surface area contributed by atoms with Gasteiger partial charge in [0.15, 0.2) is 0 Å². The van der Waals surface area contributed by atoms with E-state index in [1.807, 2.05) is 32.2 Å². The maximum absolute atomic E-state index is 12.3. The smallest absolute Gasteiger partial charge is 0.239 e. The lowest BCUT2D eigenvalue weighted by molar-refractivity contribution is -0.117. The van der Waals surface area contributed by atoms with E-state index in [1.54, 1.807) is 6.20 Å². The van der Waals surface area contributed by atoms with Crippen molar-refractivity contribution in [3.8, 4) is 0 Å². The number of carbonyl (C=O) groups excluding carboxylic acids is 1. The largest absolute Gasteiger partial charge is 0.370 e. The van der Waals surface area contributed by atoms with Crippen LogP contribution in [0.25, 0.3) is 0 Å². The van der Waals surface area contributed by atoms with Gasteiger partial charge in [-0.25, -0.2) is 4.98 Å². The van der Waals surface area contributed by atoms with E-state index in [2.05, 4.69) is 37.2 Å². The van der Waals surface area contributed by atoms with Gasteiger partial charge in [-0.05, 0) is 44.0 Å². The summed E-state index contributed by atoms with van der Waals surface area (Å²) >= 11 is 0. The Kier molecular flexibility index (Phi) is 5.60. The summed E-state index contributed by atoms with van der Waals surface area (Å²) < 4.78 is 0. The van der Waals surface area contributed by atoms with Crippen molar-refractivity contribution in [2.75, 3.05) is 42.9 Å². The Morgan fingerprint density at radius 2 is 2.00 bits per heavy atom. The third-order valence-corrected chi connectivity index (χ3v) is 4.38. The molecule has 0 spiro atoms. The minimum Gasteiger partial charge on any atom is -0.370 e. The molecule has 0 bridgehead atoms. The molecule has 0 saturated carbocycles. The third kappa shape index (κ3) is 5.00. The Morgan fingerprint density at radius 1 is 1.12 bits per heavy atom. The summed E-state index contributed by atoms with van der Waals surface area (Å²) in [5.74, 6) is 0.601. The van der Waals surface area contributed by atoms with Crippen LogP contribution in [-0.2, 0) is 4.79 Å². The van der Waals surface area contributed by atoms with Crippen molar-refractivity contribution in [1.29, 1.82) is 0 Å². The van der Waals surface area contributed by atoms with Gasteiger partial charge in [0.1, 0.15) is 5.82 Å². The highest BCUT2D eigenvalue weighted by Gasteiger charge is 2.17. The minimum atomic E-state index is -0.00967. The zero-order chi connectivity index (χ0) is 17.6. The number of aryl methyl sites for hydroxylation is 2. The molecule has 3 rings (SSSR count). The summed E-state index contributed by atoms with van der Waals surface area (Å²) in [5, 5.41) is 2.87. The Labute approximate surface area is 148 Å². The van der Waals surface area contributed by atoms with Crippen molar-refractivity contribution < 1.29 is 4.79 Å². The van der Waals surface area contributed by atoms with Crippen LogP contribution < -0.4 is 10.2 Å². The Morgan fingerprint density at radius 3 is 2.76 bits per heavy atom. The van der Waals surface area contributed by atoms with Gasteiger partial charge in [0.2, 0.25) is 5.91 Å². The second-order valence-electron chi connectivity index (χ2n) is 6.54. The number of anilines is 2. The molecule has 1 saturated heterocycles. The van der Waals surface area contributed by atoms with Gasteiger partial charge in [0, 0.05) is 50.0 Å². The van der Waals surface area contributed by atoms with Gasteiger partial charge >= 0.3 is 0 Å². The average Bonchev–Trinajstić information content (AvgIpc) is 2.82. The molecule has 1 aliphatic rings. The third-order valence-electron chi connectivity index (χ3n) is 4.38. The summed E-state index contributed by atoms with van der Waals surface area (Å²) in [7, 11) is 0. The summed E-state index contributed by atoms with van der Waals surface area (Å²) in [5.41, 5.74) is 3.32. The summed E-state index contributed by atoms with van der Waals surface area (Å²) in [6.45, 7) is 8.10.